The van der Waals surface area contributed by atoms with Crippen LogP contribution in [-0.4, -0.2) is 33.8 Å². The van der Waals surface area contributed by atoms with Gasteiger partial charge in [0, 0.05) is 19.5 Å². The Bertz CT molecular complexity index is 738. The molecule has 0 saturated carbocycles. The van der Waals surface area contributed by atoms with Crippen molar-refractivity contribution in [1.82, 2.24) is 15.0 Å². The molecule has 0 bridgehead atoms. The highest BCUT2D eigenvalue weighted by Crippen LogP contribution is 2.27. The topological polar surface area (TPSA) is 79.8 Å². The molecule has 0 saturated heterocycles. The number of halogens is 3. The average Bonchev–Trinajstić information content (AvgIpc) is 2.66. The Morgan fingerprint density at radius 3 is 2.18 bits per heavy atom. The second kappa shape index (κ2) is 11.2. The molecule has 1 unspecified atom stereocenters. The molecule has 0 amide bonds. The van der Waals surface area contributed by atoms with Crippen molar-refractivity contribution in [2.45, 2.75) is 52.3 Å². The molecule has 0 fully saturated rings. The Kier molecular flexibility index (Phi) is 9.34. The lowest BCUT2D eigenvalue weighted by atomic mass is 10.1. The fourth-order valence-corrected chi connectivity index (χ4v) is 2.00. The maximum atomic E-state index is 12.8. The number of nitrogens with one attached hydrogen (secondary N) is 2. The van der Waals surface area contributed by atoms with Crippen LogP contribution in [0.2, 0.25) is 0 Å². The third kappa shape index (κ3) is 8.79. The van der Waals surface area contributed by atoms with Gasteiger partial charge >= 0.3 is 6.18 Å². The lowest BCUT2D eigenvalue weighted by Crippen LogP contribution is -2.21. The number of aryl methyl sites for hydroxylation is 1. The first-order valence-corrected chi connectivity index (χ1v) is 8.96. The van der Waals surface area contributed by atoms with Crippen LogP contribution in [-0.2, 0) is 17.4 Å². The highest BCUT2D eigenvalue weighted by atomic mass is 19.4. The molecule has 0 spiro atoms. The normalized spacial score (nSPS) is 11.8. The molecule has 154 valence electrons. The van der Waals surface area contributed by atoms with Crippen LogP contribution in [0.15, 0.2) is 30.3 Å². The number of anilines is 2. The summed E-state index contributed by atoms with van der Waals surface area (Å²) in [5, 5.41) is 5.41. The second-order valence-electron chi connectivity index (χ2n) is 6.18. The minimum Gasteiger partial charge on any atom is -0.357 e. The van der Waals surface area contributed by atoms with Gasteiger partial charge in [0.2, 0.25) is 17.7 Å². The number of nitrogens with zero attached hydrogens (tertiary/aromatic N) is 3. The Hall–Kier alpha value is -2.71. The van der Waals surface area contributed by atoms with Gasteiger partial charge in [0.25, 0.3) is 0 Å². The molecular formula is C19H26F3N5O. The Morgan fingerprint density at radius 2 is 1.68 bits per heavy atom. The van der Waals surface area contributed by atoms with Gasteiger partial charge in [-0.05, 0) is 32.3 Å². The van der Waals surface area contributed by atoms with Gasteiger partial charge in [-0.15, -0.1) is 0 Å². The second-order valence-corrected chi connectivity index (χ2v) is 6.18. The zero-order valence-corrected chi connectivity index (χ0v) is 16.5. The first kappa shape index (κ1) is 23.3. The molecule has 0 aliphatic heterocycles. The van der Waals surface area contributed by atoms with E-state index in [0.717, 1.165) is 12.8 Å². The van der Waals surface area contributed by atoms with E-state index in [1.165, 1.54) is 12.6 Å². The lowest BCUT2D eigenvalue weighted by Gasteiger charge is -2.15. The standard InChI is InChI=1S/C15H18F3N5.C4H8O/c1-10(8-9-11-6-4-3-5-7-11)20-14-22-12(15(16,17)18)21-13(19-2)23-14;1-3-4(2)5/h3-7,10H,8-9H2,1-2H3,(H2,19,20,21,22,23);3H2,1-2H3. The van der Waals surface area contributed by atoms with E-state index < -0.39 is 12.0 Å². The quantitative estimate of drug-likeness (QED) is 0.723. The molecule has 1 aromatic heterocycles. The minimum absolute atomic E-state index is 0.0802. The molecule has 2 rings (SSSR count). The molecule has 1 heterocycles. The van der Waals surface area contributed by atoms with Gasteiger partial charge < -0.3 is 15.4 Å². The van der Waals surface area contributed by atoms with Crippen LogP contribution in [0.25, 0.3) is 0 Å². The SMILES string of the molecule is CCC(C)=O.CNc1nc(NC(C)CCc2ccccc2)nc(C(F)(F)F)n1. The van der Waals surface area contributed by atoms with Gasteiger partial charge in [-0.1, -0.05) is 37.3 Å². The van der Waals surface area contributed by atoms with Crippen LogP contribution in [0.5, 0.6) is 0 Å². The van der Waals surface area contributed by atoms with Crippen LogP contribution >= 0.6 is 0 Å². The highest BCUT2D eigenvalue weighted by Gasteiger charge is 2.36. The molecule has 9 heteroatoms. The van der Waals surface area contributed by atoms with E-state index in [2.05, 4.69) is 25.6 Å². The van der Waals surface area contributed by atoms with Crippen molar-refractivity contribution in [3.05, 3.63) is 41.7 Å². The largest absolute Gasteiger partial charge is 0.451 e. The van der Waals surface area contributed by atoms with Crippen molar-refractivity contribution < 1.29 is 18.0 Å². The lowest BCUT2D eigenvalue weighted by molar-refractivity contribution is -0.144. The number of carbonyl (C=O) groups excluding carboxylic acids is 1. The number of rotatable bonds is 7. The third-order valence-corrected chi connectivity index (χ3v) is 3.69. The number of benzene rings is 1. The van der Waals surface area contributed by atoms with Crippen LogP contribution in [0.1, 0.15) is 45.0 Å². The number of hydrogen-bond donors (Lipinski definition) is 2. The fraction of sp³-hybridized carbons (Fsp3) is 0.474. The molecule has 0 radical (unpaired) electrons. The first-order chi connectivity index (χ1) is 13.2. The van der Waals surface area contributed by atoms with Crippen LogP contribution in [0.4, 0.5) is 25.1 Å². The number of alkyl halides is 3. The van der Waals surface area contributed by atoms with E-state index in [0.29, 0.717) is 6.42 Å². The molecule has 0 aliphatic carbocycles. The maximum Gasteiger partial charge on any atom is 0.451 e. The van der Waals surface area contributed by atoms with Gasteiger partial charge in [-0.2, -0.15) is 28.1 Å². The van der Waals surface area contributed by atoms with Crippen molar-refractivity contribution in [1.29, 1.82) is 0 Å². The Morgan fingerprint density at radius 1 is 1.11 bits per heavy atom. The number of ketones is 1. The van der Waals surface area contributed by atoms with Gasteiger partial charge in [0.1, 0.15) is 5.78 Å². The fourth-order valence-electron chi connectivity index (χ4n) is 2.00. The van der Waals surface area contributed by atoms with Gasteiger partial charge in [0.05, 0.1) is 0 Å². The summed E-state index contributed by atoms with van der Waals surface area (Å²) in [6.07, 6.45) is -2.39. The molecule has 1 atom stereocenters. The number of aromatic nitrogens is 3. The monoisotopic (exact) mass is 397 g/mol. The van der Waals surface area contributed by atoms with Crippen LogP contribution in [0, 0.1) is 0 Å². The number of carbonyl (C=O) groups is 1. The summed E-state index contributed by atoms with van der Waals surface area (Å²) in [6, 6.07) is 9.78. The summed E-state index contributed by atoms with van der Waals surface area (Å²) in [5.41, 5.74) is 1.17. The number of Topliss-reactive ketones (excluding diaryl/α,β-unsaturated/α-hetero) is 1. The number of hydrogen-bond acceptors (Lipinski definition) is 6. The maximum absolute atomic E-state index is 12.8. The molecule has 0 aliphatic rings. The van der Waals surface area contributed by atoms with Crippen LogP contribution in [0.3, 0.4) is 0 Å². The zero-order chi connectivity index (χ0) is 21.2. The Balaban J connectivity index is 0.000000696. The summed E-state index contributed by atoms with van der Waals surface area (Å²) in [6.45, 7) is 5.31. The van der Waals surface area contributed by atoms with Crippen molar-refractivity contribution in [2.24, 2.45) is 0 Å². The van der Waals surface area contributed by atoms with Crippen molar-refractivity contribution in [2.75, 3.05) is 17.7 Å². The van der Waals surface area contributed by atoms with Gasteiger partial charge in [-0.25, -0.2) is 0 Å². The van der Waals surface area contributed by atoms with E-state index in [-0.39, 0.29) is 23.7 Å². The van der Waals surface area contributed by atoms with Gasteiger partial charge in [0.15, 0.2) is 0 Å². The molecule has 28 heavy (non-hydrogen) atoms. The molecule has 6 nitrogen and oxygen atoms in total. The van der Waals surface area contributed by atoms with E-state index in [4.69, 9.17) is 0 Å². The van der Waals surface area contributed by atoms with E-state index in [9.17, 15) is 18.0 Å². The third-order valence-electron chi connectivity index (χ3n) is 3.69. The molecule has 1 aromatic carbocycles. The van der Waals surface area contributed by atoms with E-state index in [1.54, 1.807) is 6.92 Å². The minimum atomic E-state index is -4.61. The van der Waals surface area contributed by atoms with Crippen molar-refractivity contribution in [3.8, 4) is 0 Å². The zero-order valence-electron chi connectivity index (χ0n) is 16.5. The first-order valence-electron chi connectivity index (χ1n) is 8.96. The van der Waals surface area contributed by atoms with Crippen molar-refractivity contribution in [3.63, 3.8) is 0 Å². The summed E-state index contributed by atoms with van der Waals surface area (Å²) in [7, 11) is 1.46. The molecule has 2 aromatic rings. The molecule has 2 N–H and O–H groups in total. The summed E-state index contributed by atoms with van der Waals surface area (Å²) < 4.78 is 38.3. The molecular weight excluding hydrogens is 371 g/mol. The predicted molar refractivity (Wildman–Crippen MR) is 103 cm³/mol. The smallest absolute Gasteiger partial charge is 0.357 e. The van der Waals surface area contributed by atoms with Crippen molar-refractivity contribution >= 4 is 17.7 Å². The van der Waals surface area contributed by atoms with Gasteiger partial charge in [-0.3, -0.25) is 0 Å². The van der Waals surface area contributed by atoms with E-state index >= 15 is 0 Å². The van der Waals surface area contributed by atoms with E-state index in [1.807, 2.05) is 44.2 Å². The predicted octanol–water partition coefficient (Wildman–Crippen LogP) is 4.35. The summed E-state index contributed by atoms with van der Waals surface area (Å²) in [4.78, 5) is 20.5. The van der Waals surface area contributed by atoms with Crippen LogP contribution < -0.4 is 10.6 Å². The average molecular weight is 397 g/mol. The Labute approximate surface area is 163 Å². The summed E-state index contributed by atoms with van der Waals surface area (Å²) >= 11 is 0. The highest BCUT2D eigenvalue weighted by molar-refractivity contribution is 5.74. The summed E-state index contributed by atoms with van der Waals surface area (Å²) in [5.74, 6) is -1.16.